The van der Waals surface area contributed by atoms with E-state index in [0.29, 0.717) is 22.1 Å². The third-order valence-corrected chi connectivity index (χ3v) is 5.23. The Morgan fingerprint density at radius 1 is 1.32 bits per heavy atom. The van der Waals surface area contributed by atoms with E-state index in [1.807, 2.05) is 19.9 Å². The molecular formula is C22H27N5O. The molecule has 1 aromatic carbocycles. The number of carbonyl (C=O) groups excluding carboxylic acids is 1. The molecule has 0 aliphatic carbocycles. The SMILES string of the molecule is CC(C)NC(=O)c1c[nH]c2ncc(-c3cccc(N4CCC(C)(C)C4)c3)nc12. The van der Waals surface area contributed by atoms with Crippen molar-refractivity contribution in [2.24, 2.45) is 5.41 Å². The molecule has 1 aliphatic heterocycles. The van der Waals surface area contributed by atoms with Crippen LogP contribution in [0.2, 0.25) is 0 Å². The molecular weight excluding hydrogens is 350 g/mol. The second-order valence-electron chi connectivity index (χ2n) is 8.67. The van der Waals surface area contributed by atoms with Crippen molar-refractivity contribution in [1.82, 2.24) is 20.3 Å². The minimum Gasteiger partial charge on any atom is -0.371 e. The number of nitrogens with zero attached hydrogens (tertiary/aromatic N) is 3. The summed E-state index contributed by atoms with van der Waals surface area (Å²) < 4.78 is 0. The van der Waals surface area contributed by atoms with Crippen LogP contribution in [0.4, 0.5) is 5.69 Å². The van der Waals surface area contributed by atoms with Crippen LogP contribution < -0.4 is 10.2 Å². The standard InChI is InChI=1S/C22H27N5O/c1-14(2)25-21(28)17-11-23-20-19(17)26-18(12-24-20)15-6-5-7-16(10-15)27-9-8-22(3,4)13-27/h5-7,10-12,14H,8-9,13H2,1-4H3,(H,23,24)(H,25,28). The van der Waals surface area contributed by atoms with E-state index in [1.165, 1.54) is 12.1 Å². The molecule has 4 rings (SSSR count). The molecule has 1 fully saturated rings. The number of aromatic nitrogens is 3. The Bertz CT molecular complexity index is 1020. The quantitative estimate of drug-likeness (QED) is 0.721. The van der Waals surface area contributed by atoms with Crippen LogP contribution in [0.15, 0.2) is 36.7 Å². The highest BCUT2D eigenvalue weighted by atomic mass is 16.1. The smallest absolute Gasteiger partial charge is 0.255 e. The summed E-state index contributed by atoms with van der Waals surface area (Å²) in [6.07, 6.45) is 4.63. The van der Waals surface area contributed by atoms with Gasteiger partial charge >= 0.3 is 0 Å². The first kappa shape index (κ1) is 18.5. The summed E-state index contributed by atoms with van der Waals surface area (Å²) in [6.45, 7) is 10.6. The van der Waals surface area contributed by atoms with Gasteiger partial charge in [0.2, 0.25) is 0 Å². The van der Waals surface area contributed by atoms with E-state index in [1.54, 1.807) is 12.4 Å². The third kappa shape index (κ3) is 3.59. The molecule has 2 aromatic heterocycles. The average molecular weight is 377 g/mol. The van der Waals surface area contributed by atoms with Gasteiger partial charge in [0.15, 0.2) is 5.65 Å². The number of amides is 1. The first-order chi connectivity index (χ1) is 13.3. The predicted octanol–water partition coefficient (Wildman–Crippen LogP) is 4.00. The lowest BCUT2D eigenvalue weighted by molar-refractivity contribution is 0.0944. The fraction of sp³-hybridized carbons (Fsp3) is 0.409. The van der Waals surface area contributed by atoms with Crippen molar-refractivity contribution in [3.8, 4) is 11.3 Å². The number of hydrogen-bond acceptors (Lipinski definition) is 4. The van der Waals surface area contributed by atoms with Gasteiger partial charge in [0.05, 0.1) is 17.5 Å². The van der Waals surface area contributed by atoms with Gasteiger partial charge in [0.25, 0.3) is 5.91 Å². The molecule has 0 unspecified atom stereocenters. The van der Waals surface area contributed by atoms with Gasteiger partial charge in [-0.25, -0.2) is 9.97 Å². The Kier molecular flexibility index (Phi) is 4.57. The molecule has 6 nitrogen and oxygen atoms in total. The van der Waals surface area contributed by atoms with Crippen LogP contribution in [0.3, 0.4) is 0 Å². The number of anilines is 1. The van der Waals surface area contributed by atoms with Gasteiger partial charge in [-0.1, -0.05) is 26.0 Å². The lowest BCUT2D eigenvalue weighted by Gasteiger charge is -2.22. The van der Waals surface area contributed by atoms with Crippen LogP contribution >= 0.6 is 0 Å². The molecule has 2 N–H and O–H groups in total. The molecule has 3 aromatic rings. The topological polar surface area (TPSA) is 73.9 Å². The summed E-state index contributed by atoms with van der Waals surface area (Å²) in [5.41, 5.74) is 5.07. The van der Waals surface area contributed by atoms with E-state index in [4.69, 9.17) is 4.98 Å². The molecule has 1 saturated heterocycles. The van der Waals surface area contributed by atoms with Crippen LogP contribution in [0.5, 0.6) is 0 Å². The fourth-order valence-corrected chi connectivity index (χ4v) is 3.74. The lowest BCUT2D eigenvalue weighted by Crippen LogP contribution is -2.29. The van der Waals surface area contributed by atoms with Crippen LogP contribution in [0.1, 0.15) is 44.5 Å². The number of H-pyrrole nitrogens is 1. The van der Waals surface area contributed by atoms with Gasteiger partial charge < -0.3 is 15.2 Å². The minimum atomic E-state index is -0.138. The molecule has 1 amide bonds. The molecule has 28 heavy (non-hydrogen) atoms. The predicted molar refractivity (Wildman–Crippen MR) is 113 cm³/mol. The van der Waals surface area contributed by atoms with E-state index in [2.05, 4.69) is 52.2 Å². The lowest BCUT2D eigenvalue weighted by atomic mass is 9.93. The normalized spacial score (nSPS) is 16.1. The number of benzene rings is 1. The van der Waals surface area contributed by atoms with Crippen LogP contribution in [0, 0.1) is 5.41 Å². The zero-order valence-corrected chi connectivity index (χ0v) is 16.9. The van der Waals surface area contributed by atoms with E-state index < -0.39 is 0 Å². The van der Waals surface area contributed by atoms with Crippen molar-refractivity contribution >= 4 is 22.8 Å². The number of fused-ring (bicyclic) bond motifs is 1. The molecule has 0 spiro atoms. The van der Waals surface area contributed by atoms with Crippen LogP contribution in [0.25, 0.3) is 22.4 Å². The third-order valence-electron chi connectivity index (χ3n) is 5.23. The average Bonchev–Trinajstić information content (AvgIpc) is 3.23. The van der Waals surface area contributed by atoms with Gasteiger partial charge in [-0.15, -0.1) is 0 Å². The Balaban J connectivity index is 1.68. The molecule has 0 saturated carbocycles. The maximum atomic E-state index is 12.5. The summed E-state index contributed by atoms with van der Waals surface area (Å²) in [4.78, 5) is 27.2. The second-order valence-corrected chi connectivity index (χ2v) is 8.67. The highest BCUT2D eigenvalue weighted by Gasteiger charge is 2.29. The Morgan fingerprint density at radius 2 is 2.14 bits per heavy atom. The Morgan fingerprint density at radius 3 is 2.86 bits per heavy atom. The molecule has 146 valence electrons. The summed E-state index contributed by atoms with van der Waals surface area (Å²) in [7, 11) is 0. The number of hydrogen-bond donors (Lipinski definition) is 2. The maximum Gasteiger partial charge on any atom is 0.255 e. The highest BCUT2D eigenvalue weighted by Crippen LogP contribution is 2.34. The largest absolute Gasteiger partial charge is 0.371 e. The van der Waals surface area contributed by atoms with E-state index in [9.17, 15) is 4.79 Å². The van der Waals surface area contributed by atoms with Crippen molar-refractivity contribution in [2.75, 3.05) is 18.0 Å². The molecule has 0 atom stereocenters. The van der Waals surface area contributed by atoms with E-state index in [-0.39, 0.29) is 11.9 Å². The summed E-state index contributed by atoms with van der Waals surface area (Å²) in [5.74, 6) is -0.138. The van der Waals surface area contributed by atoms with Crippen molar-refractivity contribution in [2.45, 2.75) is 40.2 Å². The first-order valence-electron chi connectivity index (χ1n) is 9.83. The molecule has 3 heterocycles. The Hall–Kier alpha value is -2.89. The first-order valence-corrected chi connectivity index (χ1v) is 9.83. The zero-order valence-electron chi connectivity index (χ0n) is 16.9. The minimum absolute atomic E-state index is 0.0648. The molecule has 0 radical (unpaired) electrons. The maximum absolute atomic E-state index is 12.5. The molecule has 0 bridgehead atoms. The van der Waals surface area contributed by atoms with Crippen molar-refractivity contribution in [3.05, 3.63) is 42.2 Å². The molecule has 1 aliphatic rings. The summed E-state index contributed by atoms with van der Waals surface area (Å²) in [6, 6.07) is 8.48. The van der Waals surface area contributed by atoms with Crippen molar-refractivity contribution in [3.63, 3.8) is 0 Å². The zero-order chi connectivity index (χ0) is 19.9. The summed E-state index contributed by atoms with van der Waals surface area (Å²) >= 11 is 0. The second kappa shape index (κ2) is 6.93. The monoisotopic (exact) mass is 377 g/mol. The van der Waals surface area contributed by atoms with E-state index in [0.717, 1.165) is 24.3 Å². The number of carbonyl (C=O) groups is 1. The molecule has 6 heteroatoms. The number of rotatable bonds is 4. The van der Waals surface area contributed by atoms with Gasteiger partial charge in [-0.05, 0) is 37.8 Å². The van der Waals surface area contributed by atoms with Crippen molar-refractivity contribution in [1.29, 1.82) is 0 Å². The number of nitrogens with one attached hydrogen (secondary N) is 2. The summed E-state index contributed by atoms with van der Waals surface area (Å²) in [5, 5.41) is 2.92. The van der Waals surface area contributed by atoms with Gasteiger partial charge in [-0.2, -0.15) is 0 Å². The number of aromatic amines is 1. The fourth-order valence-electron chi connectivity index (χ4n) is 3.74. The highest BCUT2D eigenvalue weighted by molar-refractivity contribution is 6.04. The van der Waals surface area contributed by atoms with Crippen LogP contribution in [-0.4, -0.2) is 40.0 Å². The van der Waals surface area contributed by atoms with Gasteiger partial charge in [-0.3, -0.25) is 4.79 Å². The van der Waals surface area contributed by atoms with Crippen molar-refractivity contribution < 1.29 is 4.79 Å². The van der Waals surface area contributed by atoms with Gasteiger partial charge in [0.1, 0.15) is 5.52 Å². The Labute approximate surface area is 165 Å². The van der Waals surface area contributed by atoms with E-state index >= 15 is 0 Å². The van der Waals surface area contributed by atoms with Gasteiger partial charge in [0, 0.05) is 36.6 Å². The van der Waals surface area contributed by atoms with Crippen LogP contribution in [-0.2, 0) is 0 Å².